The van der Waals surface area contributed by atoms with Gasteiger partial charge in [-0.1, -0.05) is 26.0 Å². The number of likely N-dealkylation sites (N-methyl/N-ethyl adjacent to an activating group) is 1. The molecule has 2 nitrogen and oxygen atoms in total. The van der Waals surface area contributed by atoms with Crippen LogP contribution in [0.1, 0.15) is 30.9 Å². The van der Waals surface area contributed by atoms with Gasteiger partial charge in [-0.15, -0.1) is 0 Å². The Balaban J connectivity index is 2.88. The van der Waals surface area contributed by atoms with Gasteiger partial charge in [0.05, 0.1) is 7.11 Å². The first kappa shape index (κ1) is 13.0. The van der Waals surface area contributed by atoms with Crippen molar-refractivity contribution in [3.63, 3.8) is 0 Å². The number of hydrogen-bond donors (Lipinski definition) is 0. The van der Waals surface area contributed by atoms with E-state index >= 15 is 0 Å². The maximum atomic E-state index is 5.39. The number of rotatable bonds is 5. The lowest BCUT2D eigenvalue weighted by molar-refractivity contribution is 0.392. The molecule has 0 saturated carbocycles. The van der Waals surface area contributed by atoms with E-state index in [1.165, 1.54) is 11.1 Å². The van der Waals surface area contributed by atoms with Crippen LogP contribution in [0.25, 0.3) is 0 Å². The van der Waals surface area contributed by atoms with Crippen molar-refractivity contribution in [1.82, 2.24) is 4.90 Å². The van der Waals surface area contributed by atoms with E-state index in [9.17, 15) is 0 Å². The molecule has 0 atom stereocenters. The van der Waals surface area contributed by atoms with E-state index < -0.39 is 0 Å². The Bertz CT molecular complexity index is 332. The van der Waals surface area contributed by atoms with Crippen molar-refractivity contribution < 1.29 is 4.74 Å². The molecule has 1 aromatic rings. The minimum absolute atomic E-state index is 0.573. The number of ether oxygens (including phenoxy) is 1. The highest BCUT2D eigenvalue weighted by Gasteiger charge is 2.07. The highest BCUT2D eigenvalue weighted by atomic mass is 16.5. The van der Waals surface area contributed by atoms with Crippen LogP contribution in [0.3, 0.4) is 0 Å². The molecule has 0 aliphatic carbocycles. The minimum atomic E-state index is 0.573. The lowest BCUT2D eigenvalue weighted by Crippen LogP contribution is -2.15. The van der Waals surface area contributed by atoms with Crippen LogP contribution < -0.4 is 4.74 Å². The summed E-state index contributed by atoms with van der Waals surface area (Å²) in [6.45, 7) is 5.49. The van der Waals surface area contributed by atoms with E-state index in [2.05, 4.69) is 51.0 Å². The lowest BCUT2D eigenvalue weighted by atomic mass is 9.99. The summed E-state index contributed by atoms with van der Waals surface area (Å²) in [5.74, 6) is 1.58. The highest BCUT2D eigenvalue weighted by molar-refractivity contribution is 5.38. The van der Waals surface area contributed by atoms with Crippen molar-refractivity contribution in [2.75, 3.05) is 27.7 Å². The zero-order valence-corrected chi connectivity index (χ0v) is 11.1. The summed E-state index contributed by atoms with van der Waals surface area (Å²) < 4.78 is 5.39. The summed E-state index contributed by atoms with van der Waals surface area (Å²) in [6.07, 6.45) is 1.04. The van der Waals surface area contributed by atoms with Crippen LogP contribution in [0.4, 0.5) is 0 Å². The zero-order valence-electron chi connectivity index (χ0n) is 11.1. The maximum absolute atomic E-state index is 5.39. The SMILES string of the molecule is COc1ccc(C(C)C)cc1CCN(C)C. The zero-order chi connectivity index (χ0) is 12.1. The Morgan fingerprint density at radius 2 is 1.94 bits per heavy atom. The largest absolute Gasteiger partial charge is 0.496 e. The topological polar surface area (TPSA) is 12.5 Å². The second-order valence-electron chi connectivity index (χ2n) is 4.78. The molecule has 0 fully saturated rings. The third-order valence-electron chi connectivity index (χ3n) is 2.80. The van der Waals surface area contributed by atoms with Gasteiger partial charge in [-0.25, -0.2) is 0 Å². The second kappa shape index (κ2) is 5.90. The maximum Gasteiger partial charge on any atom is 0.122 e. The van der Waals surface area contributed by atoms with Crippen LogP contribution in [0.15, 0.2) is 18.2 Å². The molecule has 0 aliphatic rings. The molecule has 2 heteroatoms. The van der Waals surface area contributed by atoms with Crippen LogP contribution >= 0.6 is 0 Å². The number of nitrogens with zero attached hydrogens (tertiary/aromatic N) is 1. The molecule has 0 N–H and O–H groups in total. The van der Waals surface area contributed by atoms with Crippen molar-refractivity contribution in [2.24, 2.45) is 0 Å². The average molecular weight is 221 g/mol. The number of hydrogen-bond acceptors (Lipinski definition) is 2. The van der Waals surface area contributed by atoms with Crippen LogP contribution in [-0.2, 0) is 6.42 Å². The average Bonchev–Trinajstić information content (AvgIpc) is 2.25. The fraction of sp³-hybridized carbons (Fsp3) is 0.571. The molecule has 0 amide bonds. The van der Waals surface area contributed by atoms with Crippen LogP contribution in [0, 0.1) is 0 Å². The predicted molar refractivity (Wildman–Crippen MR) is 69.3 cm³/mol. The third kappa shape index (κ3) is 3.53. The first-order valence-corrected chi connectivity index (χ1v) is 5.86. The molecule has 0 unspecified atom stereocenters. The molecule has 0 saturated heterocycles. The standard InChI is InChI=1S/C14H23NO/c1-11(2)12-6-7-14(16-5)13(10-12)8-9-15(3)4/h6-7,10-11H,8-9H2,1-5H3. The van der Waals surface area contributed by atoms with E-state index in [-0.39, 0.29) is 0 Å². The van der Waals surface area contributed by atoms with E-state index in [0.29, 0.717) is 5.92 Å². The van der Waals surface area contributed by atoms with Gasteiger partial charge in [0.2, 0.25) is 0 Å². The van der Waals surface area contributed by atoms with Gasteiger partial charge in [-0.05, 0) is 43.6 Å². The molecule has 90 valence electrons. The molecule has 1 aromatic carbocycles. The van der Waals surface area contributed by atoms with Crippen molar-refractivity contribution >= 4 is 0 Å². The summed E-state index contributed by atoms with van der Waals surface area (Å²) in [5.41, 5.74) is 2.69. The Morgan fingerprint density at radius 1 is 1.25 bits per heavy atom. The van der Waals surface area contributed by atoms with Gasteiger partial charge in [-0.3, -0.25) is 0 Å². The first-order valence-electron chi connectivity index (χ1n) is 5.86. The van der Waals surface area contributed by atoms with Gasteiger partial charge in [0, 0.05) is 6.54 Å². The Kier molecular flexibility index (Phi) is 4.81. The summed E-state index contributed by atoms with van der Waals surface area (Å²) in [7, 11) is 5.93. The van der Waals surface area contributed by atoms with Gasteiger partial charge in [0.15, 0.2) is 0 Å². The molecule has 0 heterocycles. The fourth-order valence-corrected chi connectivity index (χ4v) is 1.70. The van der Waals surface area contributed by atoms with E-state index in [0.717, 1.165) is 18.7 Å². The summed E-state index contributed by atoms with van der Waals surface area (Å²) in [5, 5.41) is 0. The molecule has 0 aliphatic heterocycles. The Labute approximate surface area is 99.2 Å². The van der Waals surface area contributed by atoms with Crippen LogP contribution in [0.2, 0.25) is 0 Å². The Hall–Kier alpha value is -1.02. The normalized spacial score (nSPS) is 11.2. The van der Waals surface area contributed by atoms with E-state index in [1.54, 1.807) is 7.11 Å². The molecular formula is C14H23NO. The molecular weight excluding hydrogens is 198 g/mol. The molecule has 0 bridgehead atoms. The van der Waals surface area contributed by atoms with E-state index in [4.69, 9.17) is 4.74 Å². The van der Waals surface area contributed by atoms with Crippen molar-refractivity contribution in [3.05, 3.63) is 29.3 Å². The van der Waals surface area contributed by atoms with E-state index in [1.807, 2.05) is 0 Å². The molecule has 16 heavy (non-hydrogen) atoms. The highest BCUT2D eigenvalue weighted by Crippen LogP contribution is 2.24. The second-order valence-corrected chi connectivity index (χ2v) is 4.78. The van der Waals surface area contributed by atoms with Gasteiger partial charge >= 0.3 is 0 Å². The van der Waals surface area contributed by atoms with Crippen molar-refractivity contribution in [3.8, 4) is 5.75 Å². The van der Waals surface area contributed by atoms with Crippen molar-refractivity contribution in [1.29, 1.82) is 0 Å². The summed E-state index contributed by atoms with van der Waals surface area (Å²) in [6, 6.07) is 6.51. The molecule has 1 rings (SSSR count). The van der Waals surface area contributed by atoms with Gasteiger partial charge < -0.3 is 9.64 Å². The van der Waals surface area contributed by atoms with Crippen LogP contribution in [-0.4, -0.2) is 32.6 Å². The summed E-state index contributed by atoms with van der Waals surface area (Å²) >= 11 is 0. The quantitative estimate of drug-likeness (QED) is 0.758. The molecule has 0 aromatic heterocycles. The third-order valence-corrected chi connectivity index (χ3v) is 2.80. The summed E-state index contributed by atoms with van der Waals surface area (Å²) in [4.78, 5) is 2.20. The molecule has 0 radical (unpaired) electrons. The van der Waals surface area contributed by atoms with Crippen LogP contribution in [0.5, 0.6) is 5.75 Å². The number of benzene rings is 1. The minimum Gasteiger partial charge on any atom is -0.496 e. The molecule has 0 spiro atoms. The first-order chi connectivity index (χ1) is 7.54. The Morgan fingerprint density at radius 3 is 2.44 bits per heavy atom. The predicted octanol–water partition coefficient (Wildman–Crippen LogP) is 2.92. The fourth-order valence-electron chi connectivity index (χ4n) is 1.70. The van der Waals surface area contributed by atoms with Crippen molar-refractivity contribution in [2.45, 2.75) is 26.2 Å². The van der Waals surface area contributed by atoms with Gasteiger partial charge in [0.1, 0.15) is 5.75 Å². The number of methoxy groups -OCH3 is 1. The van der Waals surface area contributed by atoms with Gasteiger partial charge in [-0.2, -0.15) is 0 Å². The smallest absolute Gasteiger partial charge is 0.122 e. The monoisotopic (exact) mass is 221 g/mol. The lowest BCUT2D eigenvalue weighted by Gasteiger charge is -2.15. The van der Waals surface area contributed by atoms with Gasteiger partial charge in [0.25, 0.3) is 0 Å².